The topological polar surface area (TPSA) is 77.2 Å². The number of nitrogen functional groups attached to an aromatic ring is 1. The van der Waals surface area contributed by atoms with Crippen molar-refractivity contribution in [2.45, 2.75) is 20.0 Å². The molecule has 3 N–H and O–H groups in total. The molecule has 0 radical (unpaired) electrons. The molecular weight excluding hydrogens is 266 g/mol. The quantitative estimate of drug-likeness (QED) is 0.828. The van der Waals surface area contributed by atoms with Gasteiger partial charge in [0, 0.05) is 12.4 Å². The number of carbonyl (C=O) groups excluding carboxylic acids is 1. The van der Waals surface area contributed by atoms with Gasteiger partial charge in [-0.3, -0.25) is 9.78 Å². The van der Waals surface area contributed by atoms with E-state index in [9.17, 15) is 4.79 Å². The van der Waals surface area contributed by atoms with E-state index in [0.717, 1.165) is 11.1 Å². The minimum absolute atomic E-state index is 0.0159. The van der Waals surface area contributed by atoms with Crippen LogP contribution in [0.25, 0.3) is 11.1 Å². The molecule has 2 rings (SSSR count). The van der Waals surface area contributed by atoms with Gasteiger partial charge in [-0.05, 0) is 49.2 Å². The van der Waals surface area contributed by atoms with Crippen LogP contribution in [-0.4, -0.2) is 23.6 Å². The van der Waals surface area contributed by atoms with Crippen molar-refractivity contribution in [1.82, 2.24) is 4.98 Å². The average molecular weight is 285 g/mol. The van der Waals surface area contributed by atoms with Gasteiger partial charge < -0.3 is 15.8 Å². The molecule has 5 heteroatoms. The number of rotatable bonds is 5. The van der Waals surface area contributed by atoms with Crippen molar-refractivity contribution < 1.29 is 9.53 Å². The Morgan fingerprint density at radius 1 is 1.24 bits per heavy atom. The van der Waals surface area contributed by atoms with Crippen LogP contribution in [0.5, 0.6) is 0 Å². The minimum atomic E-state index is -0.216. The van der Waals surface area contributed by atoms with Gasteiger partial charge in [-0.25, -0.2) is 0 Å². The Labute approximate surface area is 124 Å². The second kappa shape index (κ2) is 6.85. The van der Waals surface area contributed by atoms with Gasteiger partial charge >= 0.3 is 0 Å². The zero-order valence-electron chi connectivity index (χ0n) is 12.2. The minimum Gasteiger partial charge on any atom is -0.397 e. The molecule has 0 unspecified atom stereocenters. The van der Waals surface area contributed by atoms with Gasteiger partial charge in [-0.2, -0.15) is 0 Å². The van der Waals surface area contributed by atoms with E-state index in [4.69, 9.17) is 10.5 Å². The molecule has 0 saturated carbocycles. The van der Waals surface area contributed by atoms with Crippen molar-refractivity contribution in [3.05, 3.63) is 42.7 Å². The highest BCUT2D eigenvalue weighted by Gasteiger charge is 2.08. The van der Waals surface area contributed by atoms with Gasteiger partial charge in [-0.15, -0.1) is 0 Å². The van der Waals surface area contributed by atoms with Crippen LogP contribution < -0.4 is 11.1 Å². The molecule has 0 aliphatic carbocycles. The van der Waals surface area contributed by atoms with Crippen LogP contribution in [0.15, 0.2) is 42.7 Å². The Morgan fingerprint density at radius 2 is 1.95 bits per heavy atom. The lowest BCUT2D eigenvalue weighted by Gasteiger charge is -2.11. The SMILES string of the molecule is CC(C)OCC(=O)Nc1ccc(-c2ccncc2)cc1N. The lowest BCUT2D eigenvalue weighted by atomic mass is 10.1. The third-order valence-electron chi connectivity index (χ3n) is 2.89. The molecule has 0 spiro atoms. The number of aromatic nitrogens is 1. The molecule has 1 heterocycles. The van der Waals surface area contributed by atoms with E-state index in [0.29, 0.717) is 11.4 Å². The van der Waals surface area contributed by atoms with Crippen molar-refractivity contribution in [3.63, 3.8) is 0 Å². The van der Waals surface area contributed by atoms with Crippen LogP contribution in [0.2, 0.25) is 0 Å². The van der Waals surface area contributed by atoms with E-state index < -0.39 is 0 Å². The Kier molecular flexibility index (Phi) is 4.90. The summed E-state index contributed by atoms with van der Waals surface area (Å²) in [7, 11) is 0. The van der Waals surface area contributed by atoms with Crippen molar-refractivity contribution in [1.29, 1.82) is 0 Å². The smallest absolute Gasteiger partial charge is 0.250 e. The molecule has 0 atom stereocenters. The highest BCUT2D eigenvalue weighted by Crippen LogP contribution is 2.26. The molecule has 1 aromatic carbocycles. The van der Waals surface area contributed by atoms with Crippen LogP contribution in [0.3, 0.4) is 0 Å². The molecule has 0 bridgehead atoms. The third kappa shape index (κ3) is 4.29. The fourth-order valence-electron chi connectivity index (χ4n) is 1.83. The van der Waals surface area contributed by atoms with E-state index in [2.05, 4.69) is 10.3 Å². The van der Waals surface area contributed by atoms with Gasteiger partial charge in [0.2, 0.25) is 5.91 Å². The standard InChI is InChI=1S/C16H19N3O2/c1-11(2)21-10-16(20)19-15-4-3-13(9-14(15)17)12-5-7-18-8-6-12/h3-9,11H,10,17H2,1-2H3,(H,19,20). The number of amides is 1. The van der Waals surface area contributed by atoms with Crippen LogP contribution >= 0.6 is 0 Å². The first-order chi connectivity index (χ1) is 10.1. The second-order valence-electron chi connectivity index (χ2n) is 4.95. The van der Waals surface area contributed by atoms with Gasteiger partial charge in [0.25, 0.3) is 0 Å². The molecule has 0 fully saturated rings. The number of nitrogens with zero attached hydrogens (tertiary/aromatic N) is 1. The maximum absolute atomic E-state index is 11.7. The highest BCUT2D eigenvalue weighted by molar-refractivity contribution is 5.95. The van der Waals surface area contributed by atoms with Gasteiger partial charge in [0.15, 0.2) is 0 Å². The van der Waals surface area contributed by atoms with Crippen LogP contribution in [0.4, 0.5) is 11.4 Å². The second-order valence-corrected chi connectivity index (χ2v) is 4.95. The number of benzene rings is 1. The van der Waals surface area contributed by atoms with Crippen LogP contribution in [0.1, 0.15) is 13.8 Å². The zero-order chi connectivity index (χ0) is 15.2. The van der Waals surface area contributed by atoms with Crippen molar-refractivity contribution in [2.24, 2.45) is 0 Å². The van der Waals surface area contributed by atoms with E-state index >= 15 is 0 Å². The van der Waals surface area contributed by atoms with E-state index in [1.807, 2.05) is 38.1 Å². The summed E-state index contributed by atoms with van der Waals surface area (Å²) in [6.07, 6.45) is 3.47. The summed E-state index contributed by atoms with van der Waals surface area (Å²) in [4.78, 5) is 15.7. The number of nitrogens with one attached hydrogen (secondary N) is 1. The number of nitrogens with two attached hydrogens (primary N) is 1. The molecular formula is C16H19N3O2. The summed E-state index contributed by atoms with van der Waals surface area (Å²) in [6, 6.07) is 9.34. The van der Waals surface area contributed by atoms with Crippen molar-refractivity contribution in [3.8, 4) is 11.1 Å². The Balaban J connectivity index is 2.08. The number of pyridine rings is 1. The predicted octanol–water partition coefficient (Wildman–Crippen LogP) is 2.69. The van der Waals surface area contributed by atoms with E-state index in [-0.39, 0.29) is 18.6 Å². The van der Waals surface area contributed by atoms with Gasteiger partial charge in [0.05, 0.1) is 17.5 Å². The first kappa shape index (κ1) is 15.0. The predicted molar refractivity (Wildman–Crippen MR) is 83.8 cm³/mol. The lowest BCUT2D eigenvalue weighted by Crippen LogP contribution is -2.21. The summed E-state index contributed by atoms with van der Waals surface area (Å²) in [6.45, 7) is 3.78. The largest absolute Gasteiger partial charge is 0.397 e. The van der Waals surface area contributed by atoms with Gasteiger partial charge in [-0.1, -0.05) is 6.07 Å². The molecule has 0 saturated heterocycles. The molecule has 2 aromatic rings. The molecule has 110 valence electrons. The van der Waals surface area contributed by atoms with E-state index in [1.165, 1.54) is 0 Å². The summed E-state index contributed by atoms with van der Waals surface area (Å²) in [5.41, 5.74) is 9.10. The van der Waals surface area contributed by atoms with Crippen molar-refractivity contribution >= 4 is 17.3 Å². The summed E-state index contributed by atoms with van der Waals surface area (Å²) < 4.78 is 5.25. The lowest BCUT2D eigenvalue weighted by molar-refractivity contribution is -0.121. The highest BCUT2D eigenvalue weighted by atomic mass is 16.5. The molecule has 0 aliphatic heterocycles. The molecule has 1 aromatic heterocycles. The summed E-state index contributed by atoms with van der Waals surface area (Å²) >= 11 is 0. The molecule has 5 nitrogen and oxygen atoms in total. The average Bonchev–Trinajstić information content (AvgIpc) is 2.48. The summed E-state index contributed by atoms with van der Waals surface area (Å²) in [5, 5.41) is 2.74. The maximum Gasteiger partial charge on any atom is 0.250 e. The fourth-order valence-corrected chi connectivity index (χ4v) is 1.83. The normalized spacial score (nSPS) is 10.6. The number of hydrogen-bond acceptors (Lipinski definition) is 4. The zero-order valence-corrected chi connectivity index (χ0v) is 12.2. The summed E-state index contributed by atoms with van der Waals surface area (Å²) in [5.74, 6) is -0.216. The molecule has 0 aliphatic rings. The third-order valence-corrected chi connectivity index (χ3v) is 2.89. The van der Waals surface area contributed by atoms with E-state index in [1.54, 1.807) is 18.5 Å². The Bertz CT molecular complexity index is 612. The number of carbonyl (C=O) groups is 1. The van der Waals surface area contributed by atoms with Crippen molar-refractivity contribution in [2.75, 3.05) is 17.7 Å². The Morgan fingerprint density at radius 3 is 2.57 bits per heavy atom. The number of anilines is 2. The maximum atomic E-state index is 11.7. The number of hydrogen-bond donors (Lipinski definition) is 2. The first-order valence-corrected chi connectivity index (χ1v) is 6.77. The fraction of sp³-hybridized carbons (Fsp3) is 0.250. The Hall–Kier alpha value is -2.40. The number of ether oxygens (including phenoxy) is 1. The monoisotopic (exact) mass is 285 g/mol. The van der Waals surface area contributed by atoms with Crippen LogP contribution in [0, 0.1) is 0 Å². The molecule has 21 heavy (non-hydrogen) atoms. The first-order valence-electron chi connectivity index (χ1n) is 6.77. The van der Waals surface area contributed by atoms with Crippen LogP contribution in [-0.2, 0) is 9.53 Å². The van der Waals surface area contributed by atoms with Gasteiger partial charge in [0.1, 0.15) is 6.61 Å². The molecule has 1 amide bonds.